The number of rotatable bonds is 15. The highest BCUT2D eigenvalue weighted by molar-refractivity contribution is 14.1. The molecule has 2 atom stereocenters. The molecule has 48 heavy (non-hydrogen) atoms. The zero-order chi connectivity index (χ0) is 34.6. The van der Waals surface area contributed by atoms with Crippen molar-refractivity contribution >= 4 is 40.8 Å². The van der Waals surface area contributed by atoms with Crippen LogP contribution in [0.1, 0.15) is 49.1 Å². The lowest BCUT2D eigenvalue weighted by atomic mass is 9.95. The molecule has 3 aromatic rings. The quantitative estimate of drug-likeness (QED) is 0.0560. The van der Waals surface area contributed by atoms with Crippen LogP contribution < -0.4 is 35.0 Å². The summed E-state index contributed by atoms with van der Waals surface area (Å²) in [5.41, 5.74) is 6.08. The molecule has 0 saturated heterocycles. The Bertz CT molecular complexity index is 1720. The largest absolute Gasteiger partial charge is 0.490 e. The predicted molar refractivity (Wildman–Crippen MR) is 185 cm³/mol. The first-order valence-electron chi connectivity index (χ1n) is 15.0. The summed E-state index contributed by atoms with van der Waals surface area (Å²) in [6.45, 7) is 6.20. The van der Waals surface area contributed by atoms with E-state index in [1.807, 2.05) is 32.0 Å². The SMILES string of the molecule is CCOc1cc([C@@H]2NC(=O)NC(C)=C2C(=O)OC)ccc1OC[C@H](O)N/N=C/c1cc(I)c(OCc2ccc(C#N)cc2)c(OCC)c1. The summed E-state index contributed by atoms with van der Waals surface area (Å²) in [6.07, 6.45) is 0.372. The maximum absolute atomic E-state index is 12.5. The predicted octanol–water partition coefficient (Wildman–Crippen LogP) is 4.66. The third-order valence-corrected chi connectivity index (χ3v) is 7.71. The number of carbonyl (C=O) groups excluding carboxylic acids is 2. The first-order chi connectivity index (χ1) is 23.2. The third kappa shape index (κ3) is 9.29. The van der Waals surface area contributed by atoms with Gasteiger partial charge in [0.1, 0.15) is 13.2 Å². The van der Waals surface area contributed by atoms with Crippen LogP contribution in [-0.2, 0) is 16.1 Å². The number of halogens is 1. The van der Waals surface area contributed by atoms with Crippen LogP contribution in [0.5, 0.6) is 23.0 Å². The Hall–Kier alpha value is -5.01. The van der Waals surface area contributed by atoms with Crippen LogP contribution in [0.2, 0.25) is 0 Å². The van der Waals surface area contributed by atoms with Gasteiger partial charge in [-0.05, 0) is 96.5 Å². The molecule has 3 aromatic carbocycles. The van der Waals surface area contributed by atoms with E-state index >= 15 is 0 Å². The van der Waals surface area contributed by atoms with Gasteiger partial charge in [-0.25, -0.2) is 9.59 Å². The van der Waals surface area contributed by atoms with Crippen molar-refractivity contribution in [1.29, 1.82) is 5.26 Å². The second kappa shape index (κ2) is 17.2. The molecule has 0 aromatic heterocycles. The molecule has 0 spiro atoms. The average Bonchev–Trinajstić information content (AvgIpc) is 3.07. The fourth-order valence-corrected chi connectivity index (χ4v) is 5.50. The highest BCUT2D eigenvalue weighted by Crippen LogP contribution is 2.36. The van der Waals surface area contributed by atoms with Crippen LogP contribution in [-0.4, -0.2) is 56.5 Å². The van der Waals surface area contributed by atoms with Crippen molar-refractivity contribution in [2.24, 2.45) is 5.10 Å². The first-order valence-corrected chi connectivity index (χ1v) is 16.1. The second-order valence-corrected chi connectivity index (χ2v) is 11.4. The number of hydrazone groups is 1. The summed E-state index contributed by atoms with van der Waals surface area (Å²) >= 11 is 2.16. The minimum absolute atomic E-state index is 0.170. The Kier molecular flexibility index (Phi) is 12.9. The number of aliphatic hydroxyl groups excluding tert-OH is 1. The molecule has 0 aliphatic carbocycles. The Morgan fingerprint density at radius 2 is 1.79 bits per heavy atom. The zero-order valence-corrected chi connectivity index (χ0v) is 29.0. The topological polar surface area (TPSA) is 173 Å². The lowest BCUT2D eigenvalue weighted by Gasteiger charge is -2.28. The lowest BCUT2D eigenvalue weighted by Crippen LogP contribution is -2.45. The molecular weight excluding hydrogens is 733 g/mol. The number of esters is 1. The van der Waals surface area contributed by atoms with Crippen molar-refractivity contribution in [2.45, 2.75) is 39.6 Å². The highest BCUT2D eigenvalue weighted by Gasteiger charge is 2.32. The standard InChI is InChI=1S/C34H36IN5O8/c1-5-45-27-15-24(31-30(33(42)44-4)20(3)38-34(43)39-31)11-12-26(27)47-19-29(41)40-37-17-23-13-25(35)32(28(14-23)46-6-2)48-18-22-9-7-21(16-36)8-10-22/h7-15,17,29,31,40-41H,5-6,18-19H2,1-4H3,(H2,38,39,43)/b37-17+/t29-,31-/m0/s1. The molecule has 13 nitrogen and oxygen atoms in total. The van der Waals surface area contributed by atoms with E-state index in [1.165, 1.54) is 7.11 Å². The molecule has 2 amide bonds. The summed E-state index contributed by atoms with van der Waals surface area (Å²) in [5.74, 6) is 1.26. The number of ether oxygens (including phenoxy) is 5. The molecule has 0 saturated carbocycles. The minimum Gasteiger partial charge on any atom is -0.490 e. The maximum atomic E-state index is 12.5. The Morgan fingerprint density at radius 1 is 1.06 bits per heavy atom. The van der Waals surface area contributed by atoms with Gasteiger partial charge in [0.15, 0.2) is 29.2 Å². The molecular formula is C34H36IN5O8. The number of hydrogen-bond acceptors (Lipinski definition) is 11. The van der Waals surface area contributed by atoms with Gasteiger partial charge in [0.2, 0.25) is 0 Å². The number of benzene rings is 3. The van der Waals surface area contributed by atoms with Crippen LogP contribution >= 0.6 is 22.6 Å². The lowest BCUT2D eigenvalue weighted by molar-refractivity contribution is -0.136. The molecule has 252 valence electrons. The molecule has 0 fully saturated rings. The van der Waals surface area contributed by atoms with Gasteiger partial charge in [0, 0.05) is 5.70 Å². The summed E-state index contributed by atoms with van der Waals surface area (Å²) in [5, 5.41) is 29.0. The van der Waals surface area contributed by atoms with E-state index < -0.39 is 24.3 Å². The van der Waals surface area contributed by atoms with Gasteiger partial charge in [-0.15, -0.1) is 0 Å². The monoisotopic (exact) mass is 769 g/mol. The van der Waals surface area contributed by atoms with Gasteiger partial charge in [0.05, 0.1) is 53.4 Å². The van der Waals surface area contributed by atoms with Crippen LogP contribution in [0.3, 0.4) is 0 Å². The molecule has 1 aliphatic heterocycles. The number of nitrogens with one attached hydrogen (secondary N) is 3. The Morgan fingerprint density at radius 3 is 2.48 bits per heavy atom. The maximum Gasteiger partial charge on any atom is 0.337 e. The van der Waals surface area contributed by atoms with Gasteiger partial charge >= 0.3 is 12.0 Å². The van der Waals surface area contributed by atoms with Gasteiger partial charge in [-0.1, -0.05) is 18.2 Å². The fourth-order valence-electron chi connectivity index (χ4n) is 4.72. The minimum atomic E-state index is -1.17. The van der Waals surface area contributed by atoms with Crippen molar-refractivity contribution in [1.82, 2.24) is 16.1 Å². The van der Waals surface area contributed by atoms with E-state index in [-0.39, 0.29) is 12.2 Å². The summed E-state index contributed by atoms with van der Waals surface area (Å²) in [6, 6.07) is 16.7. The number of allylic oxidation sites excluding steroid dienone is 1. The third-order valence-electron chi connectivity index (χ3n) is 6.91. The average molecular weight is 770 g/mol. The summed E-state index contributed by atoms with van der Waals surface area (Å²) in [4.78, 5) is 24.7. The van der Waals surface area contributed by atoms with E-state index in [0.29, 0.717) is 65.2 Å². The number of nitrogens with zero attached hydrogens (tertiary/aromatic N) is 2. The molecule has 0 unspecified atom stereocenters. The van der Waals surface area contributed by atoms with E-state index in [1.54, 1.807) is 49.5 Å². The van der Waals surface area contributed by atoms with Crippen molar-refractivity contribution in [3.05, 3.63) is 91.7 Å². The van der Waals surface area contributed by atoms with Gasteiger partial charge in [-0.3, -0.25) is 5.43 Å². The number of nitriles is 1. The van der Waals surface area contributed by atoms with E-state index in [0.717, 1.165) is 9.13 Å². The van der Waals surface area contributed by atoms with Crippen molar-refractivity contribution in [3.8, 4) is 29.1 Å². The normalized spacial score (nSPS) is 14.8. The molecule has 4 rings (SSSR count). The summed E-state index contributed by atoms with van der Waals surface area (Å²) in [7, 11) is 1.27. The molecule has 4 N–H and O–H groups in total. The Balaban J connectivity index is 1.40. The molecule has 0 radical (unpaired) electrons. The number of hydrogen-bond donors (Lipinski definition) is 4. The van der Waals surface area contributed by atoms with Crippen molar-refractivity contribution in [2.75, 3.05) is 26.9 Å². The van der Waals surface area contributed by atoms with Crippen LogP contribution in [0.4, 0.5) is 4.79 Å². The van der Waals surface area contributed by atoms with Crippen LogP contribution in [0, 0.1) is 14.9 Å². The second-order valence-electron chi connectivity index (χ2n) is 10.3. The van der Waals surface area contributed by atoms with Crippen LogP contribution in [0.25, 0.3) is 0 Å². The highest BCUT2D eigenvalue weighted by atomic mass is 127. The van der Waals surface area contributed by atoms with E-state index in [4.69, 9.17) is 28.9 Å². The van der Waals surface area contributed by atoms with Crippen molar-refractivity contribution < 1.29 is 38.4 Å². The number of carbonyl (C=O) groups is 2. The first kappa shape index (κ1) is 35.8. The zero-order valence-electron chi connectivity index (χ0n) is 26.8. The smallest absolute Gasteiger partial charge is 0.337 e. The van der Waals surface area contributed by atoms with Gasteiger partial charge in [-0.2, -0.15) is 10.4 Å². The van der Waals surface area contributed by atoms with Gasteiger partial charge in [0.25, 0.3) is 0 Å². The number of aliphatic hydroxyl groups is 1. The fraction of sp³-hybridized carbons (Fsp3) is 0.294. The molecule has 1 heterocycles. The van der Waals surface area contributed by atoms with E-state index in [9.17, 15) is 14.7 Å². The van der Waals surface area contributed by atoms with Gasteiger partial charge < -0.3 is 39.4 Å². The Labute approximate surface area is 292 Å². The number of amides is 2. The molecule has 14 heteroatoms. The molecule has 0 bridgehead atoms. The van der Waals surface area contributed by atoms with Crippen molar-refractivity contribution in [3.63, 3.8) is 0 Å². The van der Waals surface area contributed by atoms with Crippen LogP contribution in [0.15, 0.2) is 71.0 Å². The molecule has 1 aliphatic rings. The summed E-state index contributed by atoms with van der Waals surface area (Å²) < 4.78 is 29.2. The van der Waals surface area contributed by atoms with E-state index in [2.05, 4.69) is 49.8 Å². The number of urea groups is 1. The number of methoxy groups -OCH3 is 1.